The van der Waals surface area contributed by atoms with E-state index in [2.05, 4.69) is 20.0 Å². The first-order chi connectivity index (χ1) is 17.9. The predicted molar refractivity (Wildman–Crippen MR) is 128 cm³/mol. The molecule has 4 N–H and O–H groups in total. The molecule has 12 nitrogen and oxygen atoms in total. The number of anilines is 1. The van der Waals surface area contributed by atoms with Crippen LogP contribution in [0.1, 0.15) is 19.4 Å². The van der Waals surface area contributed by atoms with Crippen LogP contribution in [0.3, 0.4) is 0 Å². The largest absolute Gasteiger partial charge is 0.480 e. The molecule has 0 spiro atoms. The SMILES string of the molecule is CC(N[P@](=O)(OC[C@@H]1C=C[C@H](n2cnc3c(OCC(F)(F)F)nc(N)nc32)C1)Oc1ccccc1)C(=O)O. The summed E-state index contributed by atoms with van der Waals surface area (Å²) in [6.07, 6.45) is 0.845. The molecule has 0 radical (unpaired) electrons. The average Bonchev–Trinajstić information content (AvgIpc) is 3.48. The molecular weight excluding hydrogens is 532 g/mol. The van der Waals surface area contributed by atoms with Gasteiger partial charge in [0, 0.05) is 5.92 Å². The number of rotatable bonds is 11. The lowest BCUT2D eigenvalue weighted by Crippen LogP contribution is -2.33. The summed E-state index contributed by atoms with van der Waals surface area (Å²) in [4.78, 5) is 23.2. The zero-order chi connectivity index (χ0) is 27.5. The van der Waals surface area contributed by atoms with Crippen LogP contribution in [0, 0.1) is 5.92 Å². The Hall–Kier alpha value is -3.68. The molecule has 1 aliphatic rings. The first-order valence-corrected chi connectivity index (χ1v) is 12.8. The Labute approximate surface area is 214 Å². The number of alkyl halides is 3. The van der Waals surface area contributed by atoms with Gasteiger partial charge in [0.15, 0.2) is 17.8 Å². The minimum atomic E-state index is -4.57. The third-order valence-electron chi connectivity index (χ3n) is 5.44. The molecule has 0 aliphatic heterocycles. The lowest BCUT2D eigenvalue weighted by molar-refractivity contribution is -0.153. The molecule has 16 heteroatoms. The van der Waals surface area contributed by atoms with Gasteiger partial charge in [-0.05, 0) is 25.5 Å². The number of hydrogen-bond acceptors (Lipinski definition) is 9. The van der Waals surface area contributed by atoms with Crippen LogP contribution in [0.2, 0.25) is 0 Å². The van der Waals surface area contributed by atoms with Crippen molar-refractivity contribution in [2.45, 2.75) is 31.6 Å². The van der Waals surface area contributed by atoms with E-state index in [1.54, 1.807) is 47.1 Å². The van der Waals surface area contributed by atoms with Crippen LogP contribution >= 0.6 is 7.75 Å². The molecule has 4 rings (SSSR count). The van der Waals surface area contributed by atoms with Gasteiger partial charge in [-0.1, -0.05) is 30.4 Å². The Morgan fingerprint density at radius 3 is 2.71 bits per heavy atom. The second-order valence-electron chi connectivity index (χ2n) is 8.45. The minimum Gasteiger partial charge on any atom is -0.480 e. The molecule has 1 aromatic carbocycles. The third-order valence-corrected chi connectivity index (χ3v) is 7.08. The van der Waals surface area contributed by atoms with E-state index in [4.69, 9.17) is 19.5 Å². The lowest BCUT2D eigenvalue weighted by Gasteiger charge is -2.23. The highest BCUT2D eigenvalue weighted by atomic mass is 31.2. The molecule has 2 aromatic heterocycles. The number of imidazole rings is 1. The highest BCUT2D eigenvalue weighted by Crippen LogP contribution is 2.46. The van der Waals surface area contributed by atoms with E-state index < -0.39 is 32.5 Å². The summed E-state index contributed by atoms with van der Waals surface area (Å²) in [7, 11) is -4.09. The van der Waals surface area contributed by atoms with E-state index in [9.17, 15) is 27.6 Å². The number of carbonyl (C=O) groups is 1. The Balaban J connectivity index is 1.46. The van der Waals surface area contributed by atoms with E-state index in [1.807, 2.05) is 0 Å². The standard InChI is InChI=1S/C22H24F3N6O6P/c1-13(20(32)33)30-38(34,37-16-5-3-2-4-6-16)36-10-14-7-8-15(9-14)31-12-27-17-18(31)28-21(26)29-19(17)35-11-22(23,24)25/h2-8,12-15H,9-11H2,1H3,(H,30,34)(H,32,33)(H2,26,28,29)/t13?,14-,15+,38+/m1/s1. The van der Waals surface area contributed by atoms with Gasteiger partial charge in [0.25, 0.3) is 0 Å². The maximum absolute atomic E-state index is 13.4. The van der Waals surface area contributed by atoms with Crippen molar-refractivity contribution in [3.8, 4) is 11.6 Å². The number of halogens is 3. The van der Waals surface area contributed by atoms with Gasteiger partial charge in [0.05, 0.1) is 19.0 Å². The van der Waals surface area contributed by atoms with Crippen molar-refractivity contribution < 1.29 is 41.4 Å². The Kier molecular flexibility index (Phi) is 7.90. The van der Waals surface area contributed by atoms with Crippen LogP contribution in [0.15, 0.2) is 48.8 Å². The molecule has 1 unspecified atom stereocenters. The Morgan fingerprint density at radius 1 is 1.29 bits per heavy atom. The summed E-state index contributed by atoms with van der Waals surface area (Å²) in [5.41, 5.74) is 5.88. The van der Waals surface area contributed by atoms with Gasteiger partial charge in [-0.15, -0.1) is 0 Å². The van der Waals surface area contributed by atoms with Crippen molar-refractivity contribution in [1.82, 2.24) is 24.6 Å². The predicted octanol–water partition coefficient (Wildman–Crippen LogP) is 3.73. The Morgan fingerprint density at radius 2 is 2.03 bits per heavy atom. The van der Waals surface area contributed by atoms with Crippen LogP contribution in [-0.2, 0) is 13.9 Å². The number of nitrogens with one attached hydrogen (secondary N) is 1. The van der Waals surface area contributed by atoms with Gasteiger partial charge in [0.1, 0.15) is 11.8 Å². The molecule has 0 bridgehead atoms. The molecule has 0 saturated carbocycles. The number of allylic oxidation sites excluding steroid dienone is 1. The zero-order valence-electron chi connectivity index (χ0n) is 19.9. The summed E-state index contributed by atoms with van der Waals surface area (Å²) in [6.45, 7) is -0.337. The first kappa shape index (κ1) is 27.4. The molecule has 204 valence electrons. The smallest absolute Gasteiger partial charge is 0.459 e. The molecule has 4 atom stereocenters. The van der Waals surface area contributed by atoms with Crippen LogP contribution in [-0.4, -0.2) is 56.0 Å². The van der Waals surface area contributed by atoms with E-state index in [1.165, 1.54) is 13.3 Å². The van der Waals surface area contributed by atoms with Gasteiger partial charge in [-0.3, -0.25) is 9.32 Å². The number of nitrogens with two attached hydrogens (primary N) is 1. The number of benzene rings is 1. The van der Waals surface area contributed by atoms with Crippen LogP contribution in [0.4, 0.5) is 19.1 Å². The number of aliphatic carboxylic acids is 1. The summed E-state index contributed by atoms with van der Waals surface area (Å²) >= 11 is 0. The van der Waals surface area contributed by atoms with Crippen molar-refractivity contribution in [2.24, 2.45) is 5.92 Å². The fourth-order valence-corrected chi connectivity index (χ4v) is 5.23. The van der Waals surface area contributed by atoms with Crippen molar-refractivity contribution in [3.63, 3.8) is 0 Å². The van der Waals surface area contributed by atoms with Crippen molar-refractivity contribution >= 4 is 30.8 Å². The van der Waals surface area contributed by atoms with Crippen LogP contribution < -0.4 is 20.1 Å². The summed E-state index contributed by atoms with van der Waals surface area (Å²) in [5, 5.41) is 11.6. The zero-order valence-corrected chi connectivity index (χ0v) is 20.8. The topological polar surface area (TPSA) is 164 Å². The van der Waals surface area contributed by atoms with Gasteiger partial charge >= 0.3 is 19.9 Å². The van der Waals surface area contributed by atoms with Gasteiger partial charge in [0.2, 0.25) is 11.8 Å². The molecule has 38 heavy (non-hydrogen) atoms. The molecule has 0 fully saturated rings. The van der Waals surface area contributed by atoms with Crippen molar-refractivity contribution in [3.05, 3.63) is 48.8 Å². The normalized spacial score (nSPS) is 19.8. The average molecular weight is 556 g/mol. The molecule has 1 aliphatic carbocycles. The highest BCUT2D eigenvalue weighted by molar-refractivity contribution is 7.52. The number of nitrogen functional groups attached to an aromatic ring is 1. The lowest BCUT2D eigenvalue weighted by atomic mass is 10.1. The third kappa shape index (κ3) is 6.79. The number of carboxylic acids is 1. The Bertz CT molecular complexity index is 1370. The van der Waals surface area contributed by atoms with Gasteiger partial charge in [-0.2, -0.15) is 28.2 Å². The summed E-state index contributed by atoms with van der Waals surface area (Å²) in [6, 6.07) is 6.62. The molecular formula is C22H24F3N6O6P. The van der Waals surface area contributed by atoms with Gasteiger partial charge < -0.3 is 24.7 Å². The highest BCUT2D eigenvalue weighted by Gasteiger charge is 2.34. The van der Waals surface area contributed by atoms with Crippen LogP contribution in [0.5, 0.6) is 11.6 Å². The van der Waals surface area contributed by atoms with Crippen molar-refractivity contribution in [1.29, 1.82) is 0 Å². The van der Waals surface area contributed by atoms with E-state index in [0.717, 1.165) is 0 Å². The number of hydrogen-bond donors (Lipinski definition) is 3. The minimum absolute atomic E-state index is 0.0178. The first-order valence-electron chi connectivity index (χ1n) is 11.3. The maximum atomic E-state index is 13.4. The molecule has 3 aromatic rings. The summed E-state index contributed by atoms with van der Waals surface area (Å²) in [5.74, 6) is -1.95. The molecule has 0 saturated heterocycles. The summed E-state index contributed by atoms with van der Waals surface area (Å²) < 4.78 is 68.7. The number of fused-ring (bicyclic) bond motifs is 1. The monoisotopic (exact) mass is 556 g/mol. The van der Waals surface area contributed by atoms with E-state index in [0.29, 0.717) is 6.42 Å². The van der Waals surface area contributed by atoms with E-state index in [-0.39, 0.29) is 47.3 Å². The fraction of sp³-hybridized carbons (Fsp3) is 0.364. The second kappa shape index (κ2) is 11.0. The van der Waals surface area contributed by atoms with Gasteiger partial charge in [-0.25, -0.2) is 9.55 Å². The number of para-hydroxylation sites is 1. The second-order valence-corrected chi connectivity index (χ2v) is 10.1. The maximum Gasteiger partial charge on any atom is 0.459 e. The molecule has 0 amide bonds. The number of carboxylic acid groups (broad SMARTS) is 1. The molecule has 2 heterocycles. The number of nitrogens with zero attached hydrogens (tertiary/aromatic N) is 4. The number of ether oxygens (including phenoxy) is 1. The quantitative estimate of drug-likeness (QED) is 0.233. The fourth-order valence-electron chi connectivity index (χ4n) is 3.68. The van der Waals surface area contributed by atoms with Crippen molar-refractivity contribution in [2.75, 3.05) is 18.9 Å². The van der Waals surface area contributed by atoms with Crippen LogP contribution in [0.25, 0.3) is 11.2 Å². The number of aromatic nitrogens is 4. The van der Waals surface area contributed by atoms with E-state index >= 15 is 0 Å².